The molecule has 0 saturated heterocycles. The minimum atomic E-state index is -0.562. The van der Waals surface area contributed by atoms with Crippen LogP contribution in [0.5, 0.6) is 0 Å². The number of aromatic nitrogens is 1. The van der Waals surface area contributed by atoms with Gasteiger partial charge in [0, 0.05) is 0 Å². The fourth-order valence-corrected chi connectivity index (χ4v) is 3.13. The second-order valence-corrected chi connectivity index (χ2v) is 6.36. The molecule has 0 radical (unpaired) electrons. The van der Waals surface area contributed by atoms with Gasteiger partial charge in [-0.3, -0.25) is 0 Å². The van der Waals surface area contributed by atoms with Crippen molar-refractivity contribution in [2.45, 2.75) is 33.7 Å². The van der Waals surface area contributed by atoms with E-state index in [0.29, 0.717) is 10.6 Å². The van der Waals surface area contributed by atoms with Crippen LogP contribution in [-0.4, -0.2) is 42.2 Å². The van der Waals surface area contributed by atoms with Gasteiger partial charge < -0.3 is 20.1 Å². The van der Waals surface area contributed by atoms with Gasteiger partial charge in [0.1, 0.15) is 11.5 Å². The highest BCUT2D eigenvalue weighted by atomic mass is 32.1. The first-order valence-corrected chi connectivity index (χ1v) is 8.24. The van der Waals surface area contributed by atoms with Crippen LogP contribution in [0.2, 0.25) is 0 Å². The van der Waals surface area contributed by atoms with Gasteiger partial charge in [-0.05, 0) is 27.7 Å². The molecule has 2 heterocycles. The van der Waals surface area contributed by atoms with Crippen LogP contribution in [0.3, 0.4) is 0 Å². The zero-order chi connectivity index (χ0) is 17.9. The molecule has 0 unspecified atom stereocenters. The number of hydrogen-bond donors (Lipinski definition) is 2. The largest absolute Gasteiger partial charge is 0.463 e. The predicted octanol–water partition coefficient (Wildman–Crippen LogP) is 1.44. The highest BCUT2D eigenvalue weighted by molar-refractivity contribution is 7.13. The number of thiazole rings is 1. The summed E-state index contributed by atoms with van der Waals surface area (Å²) in [5.41, 5.74) is 1.04. The van der Waals surface area contributed by atoms with Crippen molar-refractivity contribution in [3.05, 3.63) is 26.8 Å². The third-order valence-electron chi connectivity index (χ3n) is 3.30. The first kappa shape index (κ1) is 17.9. The monoisotopic (exact) mass is 353 g/mol. The summed E-state index contributed by atoms with van der Waals surface area (Å²) in [6, 6.07) is -1.01. The van der Waals surface area contributed by atoms with E-state index in [1.54, 1.807) is 27.7 Å². The second-order valence-electron chi connectivity index (χ2n) is 5.16. The van der Waals surface area contributed by atoms with E-state index in [-0.39, 0.29) is 24.5 Å². The molecule has 1 aromatic heterocycles. The Morgan fingerprint density at radius 2 is 1.96 bits per heavy atom. The molecule has 0 aromatic carbocycles. The number of nitrogens with one attached hydrogen (secondary N) is 2. The fourth-order valence-electron chi connectivity index (χ4n) is 2.32. The highest BCUT2D eigenvalue weighted by Gasteiger charge is 2.30. The van der Waals surface area contributed by atoms with Crippen LogP contribution in [-0.2, 0) is 14.3 Å². The number of aryl methyl sites for hydroxylation is 2. The number of ether oxygens (including phenoxy) is 2. The summed E-state index contributed by atoms with van der Waals surface area (Å²) in [6.07, 6.45) is 0. The lowest BCUT2D eigenvalue weighted by Crippen LogP contribution is -2.50. The van der Waals surface area contributed by atoms with Gasteiger partial charge >= 0.3 is 18.0 Å². The third-order valence-corrected chi connectivity index (χ3v) is 4.35. The van der Waals surface area contributed by atoms with E-state index < -0.39 is 24.0 Å². The molecule has 2 N–H and O–H groups in total. The van der Waals surface area contributed by atoms with E-state index in [4.69, 9.17) is 9.47 Å². The number of esters is 2. The lowest BCUT2D eigenvalue weighted by atomic mass is 10.0. The summed E-state index contributed by atoms with van der Waals surface area (Å²) in [5, 5.41) is 5.83. The molecule has 9 heteroatoms. The van der Waals surface area contributed by atoms with Crippen LogP contribution in [0.1, 0.15) is 34.2 Å². The van der Waals surface area contributed by atoms with E-state index in [0.717, 1.165) is 5.01 Å². The number of rotatable bonds is 5. The molecule has 2 amide bonds. The molecule has 1 atom stereocenters. The Morgan fingerprint density at radius 1 is 1.25 bits per heavy atom. The van der Waals surface area contributed by atoms with Crippen molar-refractivity contribution < 1.29 is 23.9 Å². The topological polar surface area (TPSA) is 107 Å². The SMILES string of the molecule is CCOC(=O)C1=C(COC(=O)c2sc(C)nc2C)NC(=O)N[C@H]1C. The van der Waals surface area contributed by atoms with Gasteiger partial charge in [0.25, 0.3) is 0 Å². The van der Waals surface area contributed by atoms with Gasteiger partial charge in [0.05, 0.1) is 34.6 Å². The van der Waals surface area contributed by atoms with Gasteiger partial charge in [-0.1, -0.05) is 0 Å². The van der Waals surface area contributed by atoms with Crippen molar-refractivity contribution >= 4 is 29.3 Å². The smallest absolute Gasteiger partial charge is 0.350 e. The van der Waals surface area contributed by atoms with Crippen molar-refractivity contribution in [3.63, 3.8) is 0 Å². The molecule has 1 aliphatic rings. The van der Waals surface area contributed by atoms with E-state index in [1.165, 1.54) is 11.3 Å². The normalized spacial score (nSPS) is 17.2. The molecule has 8 nitrogen and oxygen atoms in total. The third kappa shape index (κ3) is 3.91. The number of hydrogen-bond acceptors (Lipinski definition) is 7. The molecule has 0 spiro atoms. The first-order valence-electron chi connectivity index (χ1n) is 7.42. The number of carbonyl (C=O) groups excluding carboxylic acids is 3. The first-order chi connectivity index (χ1) is 11.3. The molecule has 2 rings (SSSR count). The summed E-state index contributed by atoms with van der Waals surface area (Å²) in [7, 11) is 0. The molecule has 0 bridgehead atoms. The standard InChI is InChI=1S/C15H19N3O5S/c1-5-22-13(19)11-7(2)17-15(21)18-10(11)6-23-14(20)12-8(3)16-9(4)24-12/h7H,5-6H2,1-4H3,(H2,17,18,21)/t7-/m0/s1. The maximum Gasteiger partial charge on any atom is 0.350 e. The van der Waals surface area contributed by atoms with Gasteiger partial charge in [-0.15, -0.1) is 11.3 Å². The number of nitrogens with zero attached hydrogens (tertiary/aromatic N) is 1. The predicted molar refractivity (Wildman–Crippen MR) is 86.7 cm³/mol. The Kier molecular flexibility index (Phi) is 5.55. The maximum atomic E-state index is 12.2. The number of amides is 2. The lowest BCUT2D eigenvalue weighted by molar-refractivity contribution is -0.139. The second kappa shape index (κ2) is 7.43. The van der Waals surface area contributed by atoms with Crippen LogP contribution in [0.4, 0.5) is 4.79 Å². The van der Waals surface area contributed by atoms with E-state index in [1.807, 2.05) is 0 Å². The van der Waals surface area contributed by atoms with Crippen molar-refractivity contribution in [2.75, 3.05) is 13.2 Å². The molecular weight excluding hydrogens is 334 g/mol. The molecule has 1 aromatic rings. The van der Waals surface area contributed by atoms with E-state index in [9.17, 15) is 14.4 Å². The zero-order valence-corrected chi connectivity index (χ0v) is 14.7. The van der Waals surface area contributed by atoms with Gasteiger partial charge in [0.15, 0.2) is 0 Å². The quantitative estimate of drug-likeness (QED) is 0.776. The average molecular weight is 353 g/mol. The highest BCUT2D eigenvalue weighted by Crippen LogP contribution is 2.19. The molecule has 1 aliphatic heterocycles. The van der Waals surface area contributed by atoms with Gasteiger partial charge in [-0.25, -0.2) is 19.4 Å². The van der Waals surface area contributed by atoms with Crippen LogP contribution in [0.15, 0.2) is 11.3 Å². The van der Waals surface area contributed by atoms with Crippen molar-refractivity contribution in [1.29, 1.82) is 0 Å². The lowest BCUT2D eigenvalue weighted by Gasteiger charge is -2.26. The molecule has 0 aliphatic carbocycles. The van der Waals surface area contributed by atoms with E-state index in [2.05, 4.69) is 15.6 Å². The fraction of sp³-hybridized carbons (Fsp3) is 0.467. The Hall–Kier alpha value is -2.42. The summed E-state index contributed by atoms with van der Waals surface area (Å²) in [4.78, 5) is 40.4. The van der Waals surface area contributed by atoms with Crippen molar-refractivity contribution in [3.8, 4) is 0 Å². The molecule has 24 heavy (non-hydrogen) atoms. The Balaban J connectivity index is 2.18. The Bertz CT molecular complexity index is 710. The minimum Gasteiger partial charge on any atom is -0.463 e. The van der Waals surface area contributed by atoms with Crippen molar-refractivity contribution in [2.24, 2.45) is 0 Å². The number of carbonyl (C=O) groups is 3. The zero-order valence-electron chi connectivity index (χ0n) is 13.9. The maximum absolute atomic E-state index is 12.2. The minimum absolute atomic E-state index is 0.204. The van der Waals surface area contributed by atoms with Crippen LogP contribution in [0.25, 0.3) is 0 Å². The van der Waals surface area contributed by atoms with Gasteiger partial charge in [-0.2, -0.15) is 0 Å². The van der Waals surface area contributed by atoms with Gasteiger partial charge in [0.2, 0.25) is 0 Å². The summed E-state index contributed by atoms with van der Waals surface area (Å²) in [5.74, 6) is -1.11. The van der Waals surface area contributed by atoms with Crippen LogP contribution in [0, 0.1) is 13.8 Å². The van der Waals surface area contributed by atoms with E-state index >= 15 is 0 Å². The summed E-state index contributed by atoms with van der Waals surface area (Å²) in [6.45, 7) is 6.83. The molecule has 130 valence electrons. The Labute approximate surface area is 143 Å². The Morgan fingerprint density at radius 3 is 2.54 bits per heavy atom. The average Bonchev–Trinajstić information content (AvgIpc) is 2.83. The van der Waals surface area contributed by atoms with Crippen LogP contribution < -0.4 is 10.6 Å². The molecule has 0 saturated carbocycles. The number of urea groups is 1. The molecular formula is C15H19N3O5S. The molecule has 0 fully saturated rings. The van der Waals surface area contributed by atoms with Crippen molar-refractivity contribution in [1.82, 2.24) is 15.6 Å². The summed E-state index contributed by atoms with van der Waals surface area (Å²) < 4.78 is 10.2. The van der Waals surface area contributed by atoms with Crippen LogP contribution >= 0.6 is 11.3 Å². The summed E-state index contributed by atoms with van der Waals surface area (Å²) >= 11 is 1.23.